The van der Waals surface area contributed by atoms with Crippen LogP contribution in [0, 0.1) is 0 Å². The summed E-state index contributed by atoms with van der Waals surface area (Å²) in [5.41, 5.74) is 7.18. The van der Waals surface area contributed by atoms with Crippen molar-refractivity contribution in [1.29, 1.82) is 0 Å². The van der Waals surface area contributed by atoms with Crippen LogP contribution < -0.4 is 11.1 Å². The summed E-state index contributed by atoms with van der Waals surface area (Å²) in [7, 11) is 0. The second kappa shape index (κ2) is 8.39. The van der Waals surface area contributed by atoms with E-state index in [9.17, 15) is 0 Å². The second-order valence-electron chi connectivity index (χ2n) is 5.88. The monoisotopic (exact) mass is 323 g/mol. The molecule has 1 fully saturated rings. The fourth-order valence-corrected chi connectivity index (χ4v) is 2.99. The number of nitrogens with zero attached hydrogens (tertiary/aromatic N) is 1. The van der Waals surface area contributed by atoms with Gasteiger partial charge in [0.25, 0.3) is 0 Å². The molecule has 0 spiro atoms. The molecule has 0 aromatic heterocycles. The molecule has 1 aromatic rings. The molecule has 1 aliphatic rings. The number of halogens is 1. The fourth-order valence-electron chi connectivity index (χ4n) is 2.80. The average Bonchev–Trinajstić information content (AvgIpc) is 2.54. The molecule has 1 heterocycles. The summed E-state index contributed by atoms with van der Waals surface area (Å²) >= 11 is 6.17. The smallest absolute Gasteiger partial charge is 0.188 e. The van der Waals surface area contributed by atoms with Gasteiger partial charge >= 0.3 is 0 Å². The van der Waals surface area contributed by atoms with Crippen LogP contribution in [0.15, 0.2) is 29.3 Å². The Morgan fingerprint density at radius 2 is 2.18 bits per heavy atom. The largest absolute Gasteiger partial charge is 0.381 e. The van der Waals surface area contributed by atoms with Gasteiger partial charge in [-0.2, -0.15) is 0 Å². The van der Waals surface area contributed by atoms with Crippen molar-refractivity contribution < 1.29 is 4.74 Å². The predicted octanol–water partition coefficient (Wildman–Crippen LogP) is 3.09. The molecule has 22 heavy (non-hydrogen) atoms. The van der Waals surface area contributed by atoms with Crippen LogP contribution in [0.25, 0.3) is 0 Å². The molecule has 0 unspecified atom stereocenters. The third-order valence-corrected chi connectivity index (χ3v) is 4.51. The molecule has 0 radical (unpaired) electrons. The highest BCUT2D eigenvalue weighted by atomic mass is 35.5. The van der Waals surface area contributed by atoms with E-state index < -0.39 is 0 Å². The number of rotatable bonds is 6. The Morgan fingerprint density at radius 1 is 1.41 bits per heavy atom. The highest BCUT2D eigenvalue weighted by molar-refractivity contribution is 6.30. The number of nitrogens with one attached hydrogen (secondary N) is 1. The summed E-state index contributed by atoms with van der Waals surface area (Å²) in [5, 5.41) is 3.94. The van der Waals surface area contributed by atoms with Gasteiger partial charge in [0.2, 0.25) is 0 Å². The lowest BCUT2D eigenvalue weighted by Crippen LogP contribution is -2.39. The molecule has 1 aromatic carbocycles. The van der Waals surface area contributed by atoms with E-state index >= 15 is 0 Å². The number of aliphatic imine (C=N–C) groups is 1. The Balaban J connectivity index is 2.11. The molecule has 2 rings (SSSR count). The summed E-state index contributed by atoms with van der Waals surface area (Å²) in [6.45, 7) is 5.21. The molecule has 0 aliphatic carbocycles. The van der Waals surface area contributed by atoms with E-state index in [1.807, 2.05) is 18.2 Å². The van der Waals surface area contributed by atoms with Gasteiger partial charge in [-0.25, -0.2) is 0 Å². The van der Waals surface area contributed by atoms with E-state index in [4.69, 9.17) is 22.1 Å². The van der Waals surface area contributed by atoms with Gasteiger partial charge in [0.1, 0.15) is 0 Å². The van der Waals surface area contributed by atoms with Gasteiger partial charge in [0, 0.05) is 30.2 Å². The molecule has 0 atom stereocenters. The van der Waals surface area contributed by atoms with Crippen molar-refractivity contribution in [3.8, 4) is 0 Å². The molecule has 122 valence electrons. The zero-order chi connectivity index (χ0) is 15.8. The van der Waals surface area contributed by atoms with Crippen LogP contribution in [0.3, 0.4) is 0 Å². The van der Waals surface area contributed by atoms with Crippen LogP contribution in [0.4, 0.5) is 0 Å². The number of hydrogen-bond donors (Lipinski definition) is 2. The van der Waals surface area contributed by atoms with Crippen LogP contribution in [-0.2, 0) is 10.2 Å². The highest BCUT2D eigenvalue weighted by Crippen LogP contribution is 2.36. The Hall–Kier alpha value is -1.26. The van der Waals surface area contributed by atoms with Crippen molar-refractivity contribution >= 4 is 17.6 Å². The molecule has 5 heteroatoms. The summed E-state index contributed by atoms with van der Waals surface area (Å²) < 4.78 is 5.53. The number of guanidine groups is 1. The van der Waals surface area contributed by atoms with Gasteiger partial charge in [0.05, 0.1) is 6.54 Å². The van der Waals surface area contributed by atoms with Crippen LogP contribution in [-0.4, -0.2) is 32.3 Å². The zero-order valence-corrected chi connectivity index (χ0v) is 14.0. The fraction of sp³-hybridized carbons (Fsp3) is 0.588. The number of ether oxygens (including phenoxy) is 1. The first kappa shape index (κ1) is 17.1. The first-order valence-electron chi connectivity index (χ1n) is 8.04. The maximum Gasteiger partial charge on any atom is 0.188 e. The normalized spacial score (nSPS) is 18.2. The van der Waals surface area contributed by atoms with Gasteiger partial charge in [0.15, 0.2) is 5.96 Å². The summed E-state index contributed by atoms with van der Waals surface area (Å²) in [6, 6.07) is 8.08. The number of hydrogen-bond acceptors (Lipinski definition) is 2. The Morgan fingerprint density at radius 3 is 2.86 bits per heavy atom. The molecule has 1 saturated heterocycles. The molecular formula is C17H26ClN3O. The zero-order valence-electron chi connectivity index (χ0n) is 13.3. The topological polar surface area (TPSA) is 59.6 Å². The predicted molar refractivity (Wildman–Crippen MR) is 92.6 cm³/mol. The summed E-state index contributed by atoms with van der Waals surface area (Å²) in [4.78, 5) is 4.58. The molecule has 0 amide bonds. The van der Waals surface area contributed by atoms with E-state index in [2.05, 4.69) is 23.3 Å². The van der Waals surface area contributed by atoms with Gasteiger partial charge in [-0.15, -0.1) is 0 Å². The lowest BCUT2D eigenvalue weighted by atomic mass is 9.74. The minimum absolute atomic E-state index is 0.0276. The van der Waals surface area contributed by atoms with Crippen molar-refractivity contribution in [2.24, 2.45) is 10.7 Å². The minimum Gasteiger partial charge on any atom is -0.381 e. The Kier molecular flexibility index (Phi) is 6.52. The van der Waals surface area contributed by atoms with E-state index in [1.165, 1.54) is 5.56 Å². The molecular weight excluding hydrogens is 298 g/mol. The second-order valence-corrected chi connectivity index (χ2v) is 6.32. The highest BCUT2D eigenvalue weighted by Gasteiger charge is 2.34. The minimum atomic E-state index is -0.0276. The van der Waals surface area contributed by atoms with Gasteiger partial charge in [-0.3, -0.25) is 4.99 Å². The third-order valence-electron chi connectivity index (χ3n) is 4.28. The summed E-state index contributed by atoms with van der Waals surface area (Å²) in [6.07, 6.45) is 4.13. The van der Waals surface area contributed by atoms with Gasteiger partial charge in [-0.1, -0.05) is 37.1 Å². The third kappa shape index (κ3) is 4.62. The van der Waals surface area contributed by atoms with Gasteiger partial charge in [-0.05, 0) is 37.0 Å². The Labute approximate surface area is 138 Å². The lowest BCUT2D eigenvalue weighted by Gasteiger charge is -2.36. The number of nitrogens with two attached hydrogens (primary N) is 1. The summed E-state index contributed by atoms with van der Waals surface area (Å²) in [5.74, 6) is 0.529. The van der Waals surface area contributed by atoms with Crippen LogP contribution in [0.5, 0.6) is 0 Å². The van der Waals surface area contributed by atoms with Crippen LogP contribution in [0.1, 0.15) is 38.2 Å². The van der Waals surface area contributed by atoms with Crippen molar-refractivity contribution in [3.63, 3.8) is 0 Å². The first-order valence-corrected chi connectivity index (χ1v) is 8.42. The molecule has 0 bridgehead atoms. The first-order chi connectivity index (χ1) is 10.7. The van der Waals surface area contributed by atoms with Crippen molar-refractivity contribution in [1.82, 2.24) is 5.32 Å². The SMILES string of the molecule is CCCCNC(N)=NCC1(c2cccc(Cl)c2)CCOCC1. The molecule has 1 aliphatic heterocycles. The van der Waals surface area contributed by atoms with Crippen molar-refractivity contribution in [3.05, 3.63) is 34.9 Å². The number of benzene rings is 1. The van der Waals surface area contributed by atoms with Gasteiger partial charge < -0.3 is 15.8 Å². The van der Waals surface area contributed by atoms with E-state index in [-0.39, 0.29) is 5.41 Å². The molecule has 0 saturated carbocycles. The van der Waals surface area contributed by atoms with E-state index in [1.54, 1.807) is 0 Å². The quantitative estimate of drug-likeness (QED) is 0.480. The molecule has 4 nitrogen and oxygen atoms in total. The lowest BCUT2D eigenvalue weighted by molar-refractivity contribution is 0.0531. The van der Waals surface area contributed by atoms with Crippen LogP contribution in [0.2, 0.25) is 5.02 Å². The maximum atomic E-state index is 6.17. The number of unbranched alkanes of at least 4 members (excludes halogenated alkanes) is 1. The maximum absolute atomic E-state index is 6.17. The van der Waals surface area contributed by atoms with Crippen molar-refractivity contribution in [2.45, 2.75) is 38.0 Å². The van der Waals surface area contributed by atoms with E-state index in [0.29, 0.717) is 12.5 Å². The van der Waals surface area contributed by atoms with Crippen LogP contribution >= 0.6 is 11.6 Å². The average molecular weight is 324 g/mol. The Bertz CT molecular complexity index is 498. The standard InChI is InChI=1S/C17H26ClN3O/c1-2-3-9-20-16(19)21-13-17(7-10-22-11-8-17)14-5-4-6-15(18)12-14/h4-6,12H,2-3,7-11,13H2,1H3,(H3,19,20,21). The molecule has 3 N–H and O–H groups in total. The van der Waals surface area contributed by atoms with E-state index in [0.717, 1.165) is 50.5 Å². The van der Waals surface area contributed by atoms with Crippen molar-refractivity contribution in [2.75, 3.05) is 26.3 Å².